The van der Waals surface area contributed by atoms with Crippen molar-refractivity contribution in [3.63, 3.8) is 0 Å². The third-order valence-corrected chi connectivity index (χ3v) is 3.71. The summed E-state index contributed by atoms with van der Waals surface area (Å²) in [6.07, 6.45) is 3.93. The maximum absolute atomic E-state index is 5.94. The van der Waals surface area contributed by atoms with Crippen LogP contribution in [-0.4, -0.2) is 12.8 Å². The number of hydrogen-bond acceptors (Lipinski definition) is 3. The molecule has 0 aliphatic rings. The molecular formula is C17H18Cl2N2O. The van der Waals surface area contributed by atoms with E-state index in [1.54, 1.807) is 18.3 Å². The first kappa shape index (κ1) is 16.7. The van der Waals surface area contributed by atoms with E-state index in [0.717, 1.165) is 36.4 Å². The van der Waals surface area contributed by atoms with Gasteiger partial charge in [-0.15, -0.1) is 0 Å². The molecule has 0 fully saturated rings. The van der Waals surface area contributed by atoms with E-state index in [2.05, 4.69) is 17.5 Å². The smallest absolute Gasteiger partial charge is 0.119 e. The number of ether oxygens (including phenoxy) is 1. The second kappa shape index (κ2) is 8.66. The van der Waals surface area contributed by atoms with E-state index in [0.29, 0.717) is 10.0 Å². The highest BCUT2D eigenvalue weighted by atomic mass is 35.5. The average molecular weight is 337 g/mol. The van der Waals surface area contributed by atoms with Gasteiger partial charge in [-0.1, -0.05) is 36.5 Å². The highest BCUT2D eigenvalue weighted by Crippen LogP contribution is 2.24. The van der Waals surface area contributed by atoms with Crippen molar-refractivity contribution in [3.05, 3.63) is 58.1 Å². The highest BCUT2D eigenvalue weighted by Gasteiger charge is 1.98. The largest absolute Gasteiger partial charge is 0.494 e. The minimum Gasteiger partial charge on any atom is -0.494 e. The molecule has 3 nitrogen and oxygen atoms in total. The van der Waals surface area contributed by atoms with Crippen LogP contribution < -0.4 is 10.2 Å². The Morgan fingerprint density at radius 1 is 1.09 bits per heavy atom. The molecule has 0 unspecified atom stereocenters. The average Bonchev–Trinajstić information content (AvgIpc) is 2.53. The van der Waals surface area contributed by atoms with Crippen molar-refractivity contribution in [1.29, 1.82) is 0 Å². The van der Waals surface area contributed by atoms with Crippen LogP contribution in [0.25, 0.3) is 0 Å². The first-order chi connectivity index (χ1) is 10.7. The summed E-state index contributed by atoms with van der Waals surface area (Å²) in [6.45, 7) is 2.90. The van der Waals surface area contributed by atoms with Gasteiger partial charge in [-0.2, -0.15) is 5.10 Å². The first-order valence-corrected chi connectivity index (χ1v) is 7.91. The molecule has 0 aliphatic carbocycles. The molecule has 1 N–H and O–H groups in total. The third kappa shape index (κ3) is 5.24. The molecule has 0 radical (unpaired) electrons. The third-order valence-electron chi connectivity index (χ3n) is 2.97. The number of halogens is 2. The SMILES string of the molecule is CCCCOc1ccc(/C=N/Nc2ccc(Cl)c(Cl)c2)cc1. The van der Waals surface area contributed by atoms with Gasteiger partial charge in [0.2, 0.25) is 0 Å². The van der Waals surface area contributed by atoms with E-state index in [1.807, 2.05) is 30.3 Å². The molecule has 22 heavy (non-hydrogen) atoms. The van der Waals surface area contributed by atoms with Crippen LogP contribution in [0.15, 0.2) is 47.6 Å². The molecule has 5 heteroatoms. The second-order valence-electron chi connectivity index (χ2n) is 4.77. The lowest BCUT2D eigenvalue weighted by molar-refractivity contribution is 0.309. The van der Waals surface area contributed by atoms with Crippen LogP contribution in [-0.2, 0) is 0 Å². The Labute approximate surface area is 140 Å². The maximum Gasteiger partial charge on any atom is 0.119 e. The van der Waals surface area contributed by atoms with Gasteiger partial charge in [0.1, 0.15) is 5.75 Å². The molecule has 2 rings (SSSR count). The predicted octanol–water partition coefficient (Wildman–Crippen LogP) is 5.62. The molecule has 0 bridgehead atoms. The number of nitrogens with zero attached hydrogens (tertiary/aromatic N) is 1. The summed E-state index contributed by atoms with van der Waals surface area (Å²) in [5.41, 5.74) is 4.68. The summed E-state index contributed by atoms with van der Waals surface area (Å²) in [4.78, 5) is 0. The Bertz CT molecular complexity index is 627. The number of hydrogen-bond donors (Lipinski definition) is 1. The molecule has 2 aromatic rings. The standard InChI is InChI=1S/C17H18Cl2N2O/c1-2-3-10-22-15-7-4-13(5-8-15)12-20-21-14-6-9-16(18)17(19)11-14/h4-9,11-12,21H,2-3,10H2,1H3/b20-12+. The van der Waals surface area contributed by atoms with Gasteiger partial charge in [0, 0.05) is 0 Å². The Morgan fingerprint density at radius 3 is 2.55 bits per heavy atom. The summed E-state index contributed by atoms with van der Waals surface area (Å²) in [5.74, 6) is 0.878. The predicted molar refractivity (Wildman–Crippen MR) is 94.5 cm³/mol. The normalized spacial score (nSPS) is 10.9. The topological polar surface area (TPSA) is 33.6 Å². The minimum atomic E-state index is 0.496. The Kier molecular flexibility index (Phi) is 6.56. The molecule has 0 atom stereocenters. The Balaban J connectivity index is 1.88. The van der Waals surface area contributed by atoms with Gasteiger partial charge in [-0.05, 0) is 54.4 Å². The molecule has 0 spiro atoms. The van der Waals surface area contributed by atoms with Gasteiger partial charge < -0.3 is 4.74 Å². The van der Waals surface area contributed by atoms with Gasteiger partial charge in [-0.25, -0.2) is 0 Å². The second-order valence-corrected chi connectivity index (χ2v) is 5.58. The molecule has 0 saturated carbocycles. The lowest BCUT2D eigenvalue weighted by Crippen LogP contribution is -1.96. The van der Waals surface area contributed by atoms with Crippen LogP contribution in [0, 0.1) is 0 Å². The Morgan fingerprint density at radius 2 is 1.86 bits per heavy atom. The summed E-state index contributed by atoms with van der Waals surface area (Å²) in [5, 5.41) is 5.19. The van der Waals surface area contributed by atoms with Gasteiger partial charge in [-0.3, -0.25) is 5.43 Å². The maximum atomic E-state index is 5.94. The minimum absolute atomic E-state index is 0.496. The van der Waals surface area contributed by atoms with E-state index in [9.17, 15) is 0 Å². The van der Waals surface area contributed by atoms with Crippen molar-refractivity contribution in [2.75, 3.05) is 12.0 Å². The molecule has 0 saturated heterocycles. The zero-order valence-electron chi connectivity index (χ0n) is 12.4. The van der Waals surface area contributed by atoms with Crippen molar-refractivity contribution < 1.29 is 4.74 Å². The van der Waals surface area contributed by atoms with Gasteiger partial charge in [0.05, 0.1) is 28.6 Å². The van der Waals surface area contributed by atoms with Crippen LogP contribution in [0.5, 0.6) is 5.75 Å². The fourth-order valence-electron chi connectivity index (χ4n) is 1.73. The number of nitrogens with one attached hydrogen (secondary N) is 1. The lowest BCUT2D eigenvalue weighted by atomic mass is 10.2. The van der Waals surface area contributed by atoms with Crippen molar-refractivity contribution >= 4 is 35.1 Å². The van der Waals surface area contributed by atoms with E-state index in [4.69, 9.17) is 27.9 Å². The number of unbranched alkanes of at least 4 members (excludes halogenated alkanes) is 1. The zero-order valence-corrected chi connectivity index (χ0v) is 13.9. The Hall–Kier alpha value is -1.71. The number of hydrazone groups is 1. The van der Waals surface area contributed by atoms with Crippen molar-refractivity contribution in [2.24, 2.45) is 5.10 Å². The molecule has 0 amide bonds. The van der Waals surface area contributed by atoms with Crippen LogP contribution in [0.4, 0.5) is 5.69 Å². The van der Waals surface area contributed by atoms with Crippen LogP contribution in [0.2, 0.25) is 10.0 Å². The number of rotatable bonds is 7. The fraction of sp³-hybridized carbons (Fsp3) is 0.235. The van der Waals surface area contributed by atoms with Crippen molar-refractivity contribution in [2.45, 2.75) is 19.8 Å². The van der Waals surface area contributed by atoms with Gasteiger partial charge in [0.25, 0.3) is 0 Å². The van der Waals surface area contributed by atoms with Crippen LogP contribution >= 0.6 is 23.2 Å². The molecular weight excluding hydrogens is 319 g/mol. The molecule has 2 aromatic carbocycles. The molecule has 116 valence electrons. The summed E-state index contributed by atoms with van der Waals surface area (Å²) >= 11 is 11.8. The molecule has 0 aliphatic heterocycles. The summed E-state index contributed by atoms with van der Waals surface area (Å²) < 4.78 is 5.61. The molecule has 0 heterocycles. The molecule has 0 aromatic heterocycles. The van der Waals surface area contributed by atoms with E-state index >= 15 is 0 Å². The quantitative estimate of drug-likeness (QED) is 0.404. The van der Waals surface area contributed by atoms with Gasteiger partial charge >= 0.3 is 0 Å². The van der Waals surface area contributed by atoms with Crippen LogP contribution in [0.1, 0.15) is 25.3 Å². The van der Waals surface area contributed by atoms with Crippen molar-refractivity contribution in [3.8, 4) is 5.75 Å². The van der Waals surface area contributed by atoms with E-state index in [-0.39, 0.29) is 0 Å². The summed E-state index contributed by atoms with van der Waals surface area (Å²) in [6, 6.07) is 13.1. The highest BCUT2D eigenvalue weighted by molar-refractivity contribution is 6.42. The monoisotopic (exact) mass is 336 g/mol. The number of benzene rings is 2. The zero-order chi connectivity index (χ0) is 15.8. The van der Waals surface area contributed by atoms with E-state index in [1.165, 1.54) is 0 Å². The van der Waals surface area contributed by atoms with Crippen molar-refractivity contribution in [1.82, 2.24) is 0 Å². The summed E-state index contributed by atoms with van der Waals surface area (Å²) in [7, 11) is 0. The van der Waals surface area contributed by atoms with Gasteiger partial charge in [0.15, 0.2) is 0 Å². The fourth-order valence-corrected chi connectivity index (χ4v) is 2.03. The van der Waals surface area contributed by atoms with E-state index < -0.39 is 0 Å². The first-order valence-electron chi connectivity index (χ1n) is 7.16. The number of anilines is 1. The van der Waals surface area contributed by atoms with Crippen LogP contribution in [0.3, 0.4) is 0 Å². The lowest BCUT2D eigenvalue weighted by Gasteiger charge is -2.05.